The number of fused-ring (bicyclic) bond motifs is 1. The van der Waals surface area contributed by atoms with Gasteiger partial charge in [-0.3, -0.25) is 9.11 Å². The molecular formula is C10H9ClO8S2. The van der Waals surface area contributed by atoms with Crippen molar-refractivity contribution in [3.8, 4) is 11.5 Å². The highest BCUT2D eigenvalue weighted by molar-refractivity contribution is 7.86. The van der Waals surface area contributed by atoms with E-state index in [4.69, 9.17) is 9.11 Å². The highest BCUT2D eigenvalue weighted by Crippen LogP contribution is 2.37. The molecule has 8 nitrogen and oxygen atoms in total. The molecule has 11 heteroatoms. The second-order valence-corrected chi connectivity index (χ2v) is 6.78. The van der Waals surface area contributed by atoms with Gasteiger partial charge in [0.2, 0.25) is 0 Å². The number of rotatable bonds is 2. The fraction of sp³-hybridized carbons (Fsp3) is 0. The number of aromatic hydroxyl groups is 2. The first-order valence-electron chi connectivity index (χ1n) is 4.95. The van der Waals surface area contributed by atoms with Crippen LogP contribution in [0.1, 0.15) is 0 Å². The fourth-order valence-corrected chi connectivity index (χ4v) is 2.79. The van der Waals surface area contributed by atoms with E-state index >= 15 is 0 Å². The van der Waals surface area contributed by atoms with Gasteiger partial charge < -0.3 is 10.2 Å². The second kappa shape index (κ2) is 5.31. The van der Waals surface area contributed by atoms with Crippen LogP contribution in [0.5, 0.6) is 11.5 Å². The lowest BCUT2D eigenvalue weighted by molar-refractivity contribution is 0.456. The highest BCUT2D eigenvalue weighted by atomic mass is 35.5. The molecule has 0 heterocycles. The van der Waals surface area contributed by atoms with Crippen molar-refractivity contribution in [1.29, 1.82) is 0 Å². The molecule has 0 aliphatic carbocycles. The van der Waals surface area contributed by atoms with Crippen molar-refractivity contribution < 1.29 is 36.2 Å². The van der Waals surface area contributed by atoms with Gasteiger partial charge in [-0.1, -0.05) is 0 Å². The lowest BCUT2D eigenvalue weighted by atomic mass is 10.1. The molecule has 0 radical (unpaired) electrons. The Hall–Kier alpha value is -1.59. The number of hydrogen-bond donors (Lipinski definition) is 4. The van der Waals surface area contributed by atoms with E-state index in [1.807, 2.05) is 0 Å². The largest absolute Gasteiger partial charge is 0.507 e. The summed E-state index contributed by atoms with van der Waals surface area (Å²) in [5, 5.41) is 18.9. The topological polar surface area (TPSA) is 149 Å². The van der Waals surface area contributed by atoms with Crippen LogP contribution in [0.2, 0.25) is 0 Å². The molecule has 2 rings (SSSR count). The van der Waals surface area contributed by atoms with Crippen LogP contribution in [0.3, 0.4) is 0 Å². The molecule has 0 fully saturated rings. The molecule has 21 heavy (non-hydrogen) atoms. The summed E-state index contributed by atoms with van der Waals surface area (Å²) >= 11 is 0. The van der Waals surface area contributed by atoms with Crippen molar-refractivity contribution in [1.82, 2.24) is 0 Å². The van der Waals surface area contributed by atoms with Crippen LogP contribution in [-0.4, -0.2) is 36.2 Å². The van der Waals surface area contributed by atoms with Gasteiger partial charge in [0.15, 0.2) is 0 Å². The zero-order valence-corrected chi connectivity index (χ0v) is 12.4. The van der Waals surface area contributed by atoms with E-state index in [1.165, 1.54) is 0 Å². The summed E-state index contributed by atoms with van der Waals surface area (Å²) in [6, 6.07) is 3.09. The number of halogens is 1. The number of phenolic OH excluding ortho intramolecular Hbond substituents is 2. The molecule has 0 saturated carbocycles. The summed E-state index contributed by atoms with van der Waals surface area (Å²) < 4.78 is 61.8. The second-order valence-electron chi connectivity index (χ2n) is 3.93. The summed E-state index contributed by atoms with van der Waals surface area (Å²) in [5.41, 5.74) is 0. The molecule has 0 spiro atoms. The van der Waals surface area contributed by atoms with Crippen LogP contribution in [-0.2, 0) is 20.2 Å². The zero-order chi connectivity index (χ0) is 15.3. The van der Waals surface area contributed by atoms with Crippen LogP contribution in [0.25, 0.3) is 10.8 Å². The normalized spacial score (nSPS) is 12.1. The average Bonchev–Trinajstić information content (AvgIpc) is 2.25. The summed E-state index contributed by atoms with van der Waals surface area (Å²) in [6.45, 7) is 0. The Kier molecular flexibility index (Phi) is 4.42. The molecule has 2 aromatic rings. The molecule has 0 atom stereocenters. The van der Waals surface area contributed by atoms with Crippen LogP contribution in [0.4, 0.5) is 0 Å². The highest BCUT2D eigenvalue weighted by Gasteiger charge is 2.19. The van der Waals surface area contributed by atoms with E-state index in [-0.39, 0.29) is 23.2 Å². The van der Waals surface area contributed by atoms with E-state index < -0.39 is 41.5 Å². The van der Waals surface area contributed by atoms with Gasteiger partial charge in [-0.15, -0.1) is 12.4 Å². The fourth-order valence-electron chi connectivity index (χ4n) is 1.71. The number of phenols is 2. The first kappa shape index (κ1) is 17.5. The maximum absolute atomic E-state index is 11.0. The van der Waals surface area contributed by atoms with Crippen molar-refractivity contribution >= 4 is 43.4 Å². The Morgan fingerprint density at radius 1 is 0.714 bits per heavy atom. The van der Waals surface area contributed by atoms with Gasteiger partial charge in [-0.25, -0.2) is 0 Å². The van der Waals surface area contributed by atoms with Gasteiger partial charge in [0.25, 0.3) is 20.2 Å². The standard InChI is InChI=1S/C10H8O8S2.ClH/c11-8-3-6(19(13,14)15)1-5-2-7(20(16,17)18)4-9(12)10(5)8;/h1-4,11-12H,(H,13,14,15)(H,16,17,18);1H. The van der Waals surface area contributed by atoms with Crippen molar-refractivity contribution in [2.45, 2.75) is 9.79 Å². The smallest absolute Gasteiger partial charge is 0.294 e. The molecule has 0 bridgehead atoms. The third-order valence-electron chi connectivity index (χ3n) is 2.55. The van der Waals surface area contributed by atoms with Crippen molar-refractivity contribution in [2.75, 3.05) is 0 Å². The Bertz CT molecular complexity index is 845. The van der Waals surface area contributed by atoms with Gasteiger partial charge in [-0.05, 0) is 17.5 Å². The lowest BCUT2D eigenvalue weighted by Gasteiger charge is -2.08. The SMILES string of the molecule is Cl.O=S(=O)(O)c1cc(O)c2c(O)cc(S(=O)(=O)O)cc2c1. The first-order chi connectivity index (χ1) is 9.00. The summed E-state index contributed by atoms with van der Waals surface area (Å²) in [7, 11) is -9.26. The van der Waals surface area contributed by atoms with Gasteiger partial charge in [-0.2, -0.15) is 16.8 Å². The Morgan fingerprint density at radius 2 is 1.05 bits per heavy atom. The monoisotopic (exact) mass is 356 g/mol. The van der Waals surface area contributed by atoms with Crippen molar-refractivity contribution in [2.24, 2.45) is 0 Å². The number of hydrogen-bond acceptors (Lipinski definition) is 6. The predicted octanol–water partition coefficient (Wildman–Crippen LogP) is 1.17. The molecule has 4 N–H and O–H groups in total. The molecule has 0 unspecified atom stereocenters. The maximum Gasteiger partial charge on any atom is 0.294 e. The maximum atomic E-state index is 11.0. The van der Waals surface area contributed by atoms with Gasteiger partial charge in [0, 0.05) is 12.1 Å². The average molecular weight is 357 g/mol. The van der Waals surface area contributed by atoms with Crippen LogP contribution >= 0.6 is 12.4 Å². The van der Waals surface area contributed by atoms with Crippen molar-refractivity contribution in [3.05, 3.63) is 24.3 Å². The van der Waals surface area contributed by atoms with E-state index in [9.17, 15) is 27.0 Å². The third kappa shape index (κ3) is 3.36. The van der Waals surface area contributed by atoms with Crippen molar-refractivity contribution in [3.63, 3.8) is 0 Å². The van der Waals surface area contributed by atoms with Gasteiger partial charge >= 0.3 is 0 Å². The van der Waals surface area contributed by atoms with Crippen LogP contribution in [0, 0.1) is 0 Å². The Morgan fingerprint density at radius 3 is 1.33 bits per heavy atom. The molecule has 116 valence electrons. The van der Waals surface area contributed by atoms with E-state index in [0.717, 1.165) is 12.1 Å². The molecular weight excluding hydrogens is 348 g/mol. The van der Waals surface area contributed by atoms with Crippen LogP contribution in [0.15, 0.2) is 34.1 Å². The Labute approximate surface area is 125 Å². The summed E-state index contributed by atoms with van der Waals surface area (Å²) in [4.78, 5) is -1.37. The molecule has 0 saturated heterocycles. The Balaban J connectivity index is 0.00000220. The first-order valence-corrected chi connectivity index (χ1v) is 7.83. The summed E-state index contributed by atoms with van der Waals surface area (Å²) in [6.07, 6.45) is 0. The molecule has 0 aliphatic rings. The van der Waals surface area contributed by atoms with Crippen LogP contribution < -0.4 is 0 Å². The quantitative estimate of drug-likeness (QED) is 0.585. The molecule has 0 aliphatic heterocycles. The van der Waals surface area contributed by atoms with E-state index in [1.54, 1.807) is 0 Å². The van der Waals surface area contributed by atoms with Gasteiger partial charge in [0.1, 0.15) is 11.5 Å². The third-order valence-corrected chi connectivity index (χ3v) is 4.21. The minimum absolute atomic E-state index is 0. The number of benzene rings is 2. The lowest BCUT2D eigenvalue weighted by Crippen LogP contribution is -2.00. The minimum Gasteiger partial charge on any atom is -0.507 e. The van der Waals surface area contributed by atoms with E-state index in [2.05, 4.69) is 0 Å². The molecule has 0 amide bonds. The minimum atomic E-state index is -4.63. The molecule has 2 aromatic carbocycles. The van der Waals surface area contributed by atoms with Gasteiger partial charge in [0.05, 0.1) is 15.2 Å². The molecule has 0 aromatic heterocycles. The van der Waals surface area contributed by atoms with E-state index in [0.29, 0.717) is 12.1 Å². The zero-order valence-electron chi connectivity index (χ0n) is 9.96. The predicted molar refractivity (Wildman–Crippen MR) is 74.2 cm³/mol. The summed E-state index contributed by atoms with van der Waals surface area (Å²) in [5.74, 6) is -1.34.